The topological polar surface area (TPSA) is 135 Å². The number of allylic oxidation sites excluding steroid dienone is 1. The third-order valence-electron chi connectivity index (χ3n) is 6.83. The van der Waals surface area contributed by atoms with Crippen LogP contribution in [-0.4, -0.2) is 36.3 Å². The van der Waals surface area contributed by atoms with Crippen LogP contribution in [0.25, 0.3) is 17.4 Å². The van der Waals surface area contributed by atoms with Crippen molar-refractivity contribution in [2.24, 2.45) is 4.99 Å². The molecule has 4 aromatic rings. The van der Waals surface area contributed by atoms with E-state index in [-0.39, 0.29) is 23.4 Å². The second kappa shape index (κ2) is 11.5. The Morgan fingerprint density at radius 3 is 2.55 bits per heavy atom. The molecule has 1 aliphatic heterocycles. The van der Waals surface area contributed by atoms with Gasteiger partial charge in [0.15, 0.2) is 16.3 Å². The van der Waals surface area contributed by atoms with Crippen molar-refractivity contribution in [2.75, 3.05) is 20.8 Å². The molecule has 42 heavy (non-hydrogen) atoms. The Morgan fingerprint density at radius 2 is 1.88 bits per heavy atom. The van der Waals surface area contributed by atoms with Crippen LogP contribution in [0.3, 0.4) is 0 Å². The van der Waals surface area contributed by atoms with E-state index in [0.29, 0.717) is 54.7 Å². The van der Waals surface area contributed by atoms with Crippen LogP contribution in [0.5, 0.6) is 11.5 Å². The summed E-state index contributed by atoms with van der Waals surface area (Å²) in [7, 11) is 3.04. The third-order valence-corrected chi connectivity index (χ3v) is 7.81. The van der Waals surface area contributed by atoms with E-state index in [4.69, 9.17) is 18.6 Å². The lowest BCUT2D eigenvalue weighted by Crippen LogP contribution is -2.39. The lowest BCUT2D eigenvalue weighted by molar-refractivity contribution is -0.384. The van der Waals surface area contributed by atoms with E-state index in [1.807, 2.05) is 0 Å². The minimum atomic E-state index is -0.822. The monoisotopic (exact) mass is 589 g/mol. The summed E-state index contributed by atoms with van der Waals surface area (Å²) in [5, 5.41) is 11.1. The molecule has 0 radical (unpaired) electrons. The zero-order valence-corrected chi connectivity index (χ0v) is 24.3. The van der Waals surface area contributed by atoms with Crippen LogP contribution in [0.2, 0.25) is 0 Å². The molecule has 0 bridgehead atoms. The molecule has 2 aromatic heterocycles. The summed E-state index contributed by atoms with van der Waals surface area (Å²) in [6.45, 7) is 5.35. The molecule has 0 aliphatic carbocycles. The number of non-ortho nitro benzene ring substituents is 1. The van der Waals surface area contributed by atoms with Crippen molar-refractivity contribution in [3.63, 3.8) is 0 Å². The number of carbonyl (C=O) groups excluding carboxylic acids is 1. The van der Waals surface area contributed by atoms with E-state index in [1.54, 1.807) is 63.2 Å². The molecule has 0 saturated heterocycles. The molecule has 1 atom stereocenters. The molecule has 3 heterocycles. The number of ether oxygens (including phenoxy) is 3. The van der Waals surface area contributed by atoms with Crippen LogP contribution in [0, 0.1) is 17.0 Å². The fraction of sp³-hybridized carbons (Fsp3) is 0.233. The summed E-state index contributed by atoms with van der Waals surface area (Å²) >= 11 is 1.17. The van der Waals surface area contributed by atoms with E-state index >= 15 is 0 Å². The van der Waals surface area contributed by atoms with E-state index in [1.165, 1.54) is 42.3 Å². The smallest absolute Gasteiger partial charge is 0.338 e. The maximum absolute atomic E-state index is 13.9. The molecule has 0 N–H and O–H groups in total. The summed E-state index contributed by atoms with van der Waals surface area (Å²) < 4.78 is 24.0. The van der Waals surface area contributed by atoms with Crippen LogP contribution >= 0.6 is 11.3 Å². The molecule has 1 aliphatic rings. The van der Waals surface area contributed by atoms with E-state index in [9.17, 15) is 19.7 Å². The number of nitrogens with zero attached hydrogens (tertiary/aromatic N) is 3. The number of esters is 1. The number of hydrogen-bond acceptors (Lipinski definition) is 10. The molecular weight excluding hydrogens is 562 g/mol. The van der Waals surface area contributed by atoms with E-state index in [2.05, 4.69) is 4.99 Å². The molecule has 0 fully saturated rings. The normalized spacial score (nSPS) is 14.8. The van der Waals surface area contributed by atoms with Crippen molar-refractivity contribution in [2.45, 2.75) is 26.8 Å². The number of fused-ring (bicyclic) bond motifs is 1. The maximum Gasteiger partial charge on any atom is 0.338 e. The van der Waals surface area contributed by atoms with Crippen LogP contribution in [-0.2, 0) is 9.53 Å². The zero-order chi connectivity index (χ0) is 30.1. The zero-order valence-electron chi connectivity index (χ0n) is 23.5. The number of nitro groups is 1. The Kier molecular flexibility index (Phi) is 7.81. The number of aromatic nitrogens is 1. The molecule has 0 amide bonds. The number of benzene rings is 2. The van der Waals surface area contributed by atoms with Crippen LogP contribution in [0.4, 0.5) is 5.69 Å². The van der Waals surface area contributed by atoms with Gasteiger partial charge in [0.05, 0.1) is 47.6 Å². The first-order valence-electron chi connectivity index (χ1n) is 12.9. The van der Waals surface area contributed by atoms with Gasteiger partial charge in [0.1, 0.15) is 11.5 Å². The number of thiazole rings is 1. The minimum Gasteiger partial charge on any atom is -0.493 e. The summed E-state index contributed by atoms with van der Waals surface area (Å²) in [5.74, 6) is 1.30. The molecule has 2 aromatic carbocycles. The minimum absolute atomic E-state index is 0.00865. The van der Waals surface area contributed by atoms with Gasteiger partial charge in [0.25, 0.3) is 11.2 Å². The van der Waals surface area contributed by atoms with Crippen molar-refractivity contribution in [3.8, 4) is 22.8 Å². The number of hydrogen-bond donors (Lipinski definition) is 0. The van der Waals surface area contributed by atoms with Gasteiger partial charge in [-0.2, -0.15) is 0 Å². The van der Waals surface area contributed by atoms with Crippen molar-refractivity contribution in [1.82, 2.24) is 4.57 Å². The molecule has 1 unspecified atom stereocenters. The molecule has 11 nitrogen and oxygen atoms in total. The predicted molar refractivity (Wildman–Crippen MR) is 155 cm³/mol. The Hall–Kier alpha value is -4.97. The van der Waals surface area contributed by atoms with Crippen molar-refractivity contribution >= 4 is 29.1 Å². The van der Waals surface area contributed by atoms with Gasteiger partial charge >= 0.3 is 5.97 Å². The first-order chi connectivity index (χ1) is 20.2. The molecule has 0 spiro atoms. The van der Waals surface area contributed by atoms with Gasteiger partial charge in [-0.3, -0.25) is 19.5 Å². The van der Waals surface area contributed by atoms with Gasteiger partial charge in [0.2, 0.25) is 0 Å². The van der Waals surface area contributed by atoms with Crippen molar-refractivity contribution in [1.29, 1.82) is 0 Å². The first kappa shape index (κ1) is 28.6. The number of aryl methyl sites for hydroxylation is 1. The Morgan fingerprint density at radius 1 is 1.12 bits per heavy atom. The highest BCUT2D eigenvalue weighted by Gasteiger charge is 2.34. The molecule has 5 rings (SSSR count). The molecule has 216 valence electrons. The second-order valence-electron chi connectivity index (χ2n) is 9.38. The standard InChI is InChI=1S/C30H27N3O8S/c1-6-40-29(35)26-17(3)31-30-32(27(26)18-7-11-23(38-4)24(14-18)39-5)28(34)25(42-30)15-20-9-12-22(41-20)21-10-8-19(33(36)37)13-16(21)2/h7-15,27H,6H2,1-5H3/b25-15-. The molecule has 12 heteroatoms. The lowest BCUT2D eigenvalue weighted by Gasteiger charge is -2.25. The number of methoxy groups -OCH3 is 2. The largest absolute Gasteiger partial charge is 0.493 e. The fourth-order valence-corrected chi connectivity index (χ4v) is 5.90. The summed E-state index contributed by atoms with van der Waals surface area (Å²) in [6, 6.07) is 12.4. The second-order valence-corrected chi connectivity index (χ2v) is 10.4. The highest BCUT2D eigenvalue weighted by atomic mass is 32.1. The number of rotatable bonds is 8. The highest BCUT2D eigenvalue weighted by molar-refractivity contribution is 7.07. The molecular formula is C30H27N3O8S. The molecule has 0 saturated carbocycles. The number of furan rings is 1. The van der Waals surface area contributed by atoms with Crippen molar-refractivity contribution in [3.05, 3.63) is 106 Å². The van der Waals surface area contributed by atoms with Gasteiger partial charge in [-0.15, -0.1) is 0 Å². The number of carbonyl (C=O) groups is 1. The fourth-order valence-electron chi connectivity index (χ4n) is 4.87. The maximum atomic E-state index is 13.9. The lowest BCUT2D eigenvalue weighted by atomic mass is 9.95. The van der Waals surface area contributed by atoms with Gasteiger partial charge < -0.3 is 18.6 Å². The number of nitro benzene ring substituents is 1. The van der Waals surface area contributed by atoms with Gasteiger partial charge in [-0.1, -0.05) is 17.4 Å². The highest BCUT2D eigenvalue weighted by Crippen LogP contribution is 2.36. The third kappa shape index (κ3) is 5.12. The van der Waals surface area contributed by atoms with Crippen LogP contribution in [0.1, 0.15) is 36.8 Å². The summed E-state index contributed by atoms with van der Waals surface area (Å²) in [6.07, 6.45) is 1.61. The Balaban J connectivity index is 1.63. The van der Waals surface area contributed by atoms with Gasteiger partial charge in [-0.25, -0.2) is 9.79 Å². The Bertz CT molecular complexity index is 1930. The van der Waals surface area contributed by atoms with Gasteiger partial charge in [0, 0.05) is 23.8 Å². The quantitative estimate of drug-likeness (QED) is 0.169. The van der Waals surface area contributed by atoms with Crippen molar-refractivity contribution < 1.29 is 28.3 Å². The van der Waals surface area contributed by atoms with Crippen LogP contribution < -0.4 is 24.4 Å². The van der Waals surface area contributed by atoms with Crippen LogP contribution in [0.15, 0.2) is 74.0 Å². The van der Waals surface area contributed by atoms with E-state index in [0.717, 1.165) is 0 Å². The summed E-state index contributed by atoms with van der Waals surface area (Å²) in [5.41, 5.74) is 2.31. The Labute approximate surface area is 243 Å². The summed E-state index contributed by atoms with van der Waals surface area (Å²) in [4.78, 5) is 42.7. The average molecular weight is 590 g/mol. The first-order valence-corrected chi connectivity index (χ1v) is 13.7. The predicted octanol–water partition coefficient (Wildman–Crippen LogP) is 4.29. The van der Waals surface area contributed by atoms with E-state index < -0.39 is 16.9 Å². The van der Waals surface area contributed by atoms with Gasteiger partial charge in [-0.05, 0) is 62.2 Å². The SMILES string of the molecule is CCOC(=O)C1=C(C)N=c2s/c(=C\c3ccc(-c4ccc([N+](=O)[O-])cc4C)o3)c(=O)n2C1c1ccc(OC)c(OC)c1. The average Bonchev–Trinajstić information content (AvgIpc) is 3.55.